The van der Waals surface area contributed by atoms with E-state index in [1.165, 1.54) is 6.07 Å². The van der Waals surface area contributed by atoms with E-state index < -0.39 is 5.97 Å². The van der Waals surface area contributed by atoms with Gasteiger partial charge >= 0.3 is 5.97 Å². The summed E-state index contributed by atoms with van der Waals surface area (Å²) in [4.78, 5) is 24.4. The fourth-order valence-corrected chi connectivity index (χ4v) is 2.92. The van der Waals surface area contributed by atoms with Crippen molar-refractivity contribution in [3.05, 3.63) is 64.7 Å². The minimum absolute atomic E-state index is 0.0148. The standard InChI is InChI=1S/C19H19NO4/c1-3-23-19(22)13-9-14-16(12-7-5-4-6-8-12)11-24-17(14)15(10-13)18(21)20-2/h4-10,16H,3,11H2,1-2H3,(H,20,21). The number of benzene rings is 2. The van der Waals surface area contributed by atoms with E-state index >= 15 is 0 Å². The Hall–Kier alpha value is -2.82. The van der Waals surface area contributed by atoms with Gasteiger partial charge in [-0.15, -0.1) is 0 Å². The molecule has 0 spiro atoms. The predicted octanol–water partition coefficient (Wildman–Crippen LogP) is 2.75. The first-order chi connectivity index (χ1) is 11.7. The monoisotopic (exact) mass is 325 g/mol. The van der Waals surface area contributed by atoms with Gasteiger partial charge in [0.1, 0.15) is 5.75 Å². The third kappa shape index (κ3) is 2.85. The second-order valence-corrected chi connectivity index (χ2v) is 5.52. The van der Waals surface area contributed by atoms with Crippen molar-refractivity contribution in [3.63, 3.8) is 0 Å². The Bertz CT molecular complexity index is 770. The quantitative estimate of drug-likeness (QED) is 0.878. The summed E-state index contributed by atoms with van der Waals surface area (Å²) in [5.74, 6) is -0.203. The maximum Gasteiger partial charge on any atom is 0.338 e. The SMILES string of the molecule is CCOC(=O)c1cc(C(=O)NC)c2c(c1)C(c1ccccc1)CO2. The predicted molar refractivity (Wildman–Crippen MR) is 89.6 cm³/mol. The minimum atomic E-state index is -0.441. The molecule has 1 aliphatic heterocycles. The van der Waals surface area contributed by atoms with E-state index in [4.69, 9.17) is 9.47 Å². The van der Waals surface area contributed by atoms with Crippen molar-refractivity contribution in [2.45, 2.75) is 12.8 Å². The Balaban J connectivity index is 2.11. The van der Waals surface area contributed by atoms with Crippen LogP contribution < -0.4 is 10.1 Å². The van der Waals surface area contributed by atoms with Crippen LogP contribution in [0, 0.1) is 0 Å². The summed E-state index contributed by atoms with van der Waals surface area (Å²) in [5.41, 5.74) is 2.64. The summed E-state index contributed by atoms with van der Waals surface area (Å²) in [5, 5.41) is 2.59. The molecule has 1 amide bonds. The molecule has 2 aromatic rings. The second-order valence-electron chi connectivity index (χ2n) is 5.52. The molecule has 1 N–H and O–H groups in total. The van der Waals surface area contributed by atoms with Gasteiger partial charge in [-0.3, -0.25) is 4.79 Å². The second kappa shape index (κ2) is 6.74. The first-order valence-corrected chi connectivity index (χ1v) is 7.90. The highest BCUT2D eigenvalue weighted by Gasteiger charge is 2.31. The molecule has 24 heavy (non-hydrogen) atoms. The summed E-state index contributed by atoms with van der Waals surface area (Å²) in [6.45, 7) is 2.47. The molecular formula is C19H19NO4. The van der Waals surface area contributed by atoms with Crippen LogP contribution in [0.5, 0.6) is 5.75 Å². The number of fused-ring (bicyclic) bond motifs is 1. The zero-order chi connectivity index (χ0) is 17.1. The Morgan fingerprint density at radius 2 is 2.00 bits per heavy atom. The molecule has 5 nitrogen and oxygen atoms in total. The van der Waals surface area contributed by atoms with Gasteiger partial charge in [0.2, 0.25) is 0 Å². The molecule has 2 aromatic carbocycles. The van der Waals surface area contributed by atoms with Gasteiger partial charge in [-0.1, -0.05) is 30.3 Å². The molecule has 124 valence electrons. The highest BCUT2D eigenvalue weighted by molar-refractivity contribution is 6.01. The molecular weight excluding hydrogens is 306 g/mol. The van der Waals surface area contributed by atoms with Gasteiger partial charge in [-0.2, -0.15) is 0 Å². The number of nitrogens with one attached hydrogen (secondary N) is 1. The van der Waals surface area contributed by atoms with Gasteiger partial charge < -0.3 is 14.8 Å². The molecule has 3 rings (SSSR count). The molecule has 0 aliphatic carbocycles. The molecule has 1 aliphatic rings. The van der Waals surface area contributed by atoms with Crippen molar-refractivity contribution in [1.29, 1.82) is 0 Å². The molecule has 0 fully saturated rings. The van der Waals surface area contributed by atoms with Crippen LogP contribution in [-0.2, 0) is 4.74 Å². The fourth-order valence-electron chi connectivity index (χ4n) is 2.92. The lowest BCUT2D eigenvalue weighted by Crippen LogP contribution is -2.19. The van der Waals surface area contributed by atoms with Crippen molar-refractivity contribution in [2.75, 3.05) is 20.3 Å². The van der Waals surface area contributed by atoms with Gasteiger partial charge in [0, 0.05) is 18.5 Å². The van der Waals surface area contributed by atoms with E-state index in [2.05, 4.69) is 5.32 Å². The van der Waals surface area contributed by atoms with E-state index in [9.17, 15) is 9.59 Å². The van der Waals surface area contributed by atoms with Crippen LogP contribution in [0.1, 0.15) is 44.7 Å². The number of carbonyl (C=O) groups excluding carboxylic acids is 2. The maximum atomic E-state index is 12.2. The molecule has 0 saturated carbocycles. The van der Waals surface area contributed by atoms with Crippen LogP contribution in [-0.4, -0.2) is 32.1 Å². The van der Waals surface area contributed by atoms with Gasteiger partial charge in [-0.25, -0.2) is 4.79 Å². The van der Waals surface area contributed by atoms with Crippen LogP contribution in [0.15, 0.2) is 42.5 Å². The number of rotatable bonds is 4. The summed E-state index contributed by atoms with van der Waals surface area (Å²) in [6, 6.07) is 13.2. The maximum absolute atomic E-state index is 12.2. The Morgan fingerprint density at radius 1 is 1.25 bits per heavy atom. The fraction of sp³-hybridized carbons (Fsp3) is 0.263. The molecule has 1 unspecified atom stereocenters. The Labute approximate surface area is 140 Å². The van der Waals surface area contributed by atoms with Crippen molar-refractivity contribution >= 4 is 11.9 Å². The Morgan fingerprint density at radius 3 is 2.67 bits per heavy atom. The smallest absolute Gasteiger partial charge is 0.338 e. The number of amides is 1. The molecule has 0 radical (unpaired) electrons. The third-order valence-electron chi connectivity index (χ3n) is 4.07. The zero-order valence-electron chi connectivity index (χ0n) is 13.7. The van der Waals surface area contributed by atoms with Crippen molar-refractivity contribution < 1.29 is 19.1 Å². The molecule has 0 saturated heterocycles. The zero-order valence-corrected chi connectivity index (χ0v) is 13.7. The van der Waals surface area contributed by atoms with Crippen LogP contribution >= 0.6 is 0 Å². The van der Waals surface area contributed by atoms with E-state index in [0.717, 1.165) is 11.1 Å². The molecule has 0 bridgehead atoms. The number of carbonyl (C=O) groups is 2. The molecule has 5 heteroatoms. The third-order valence-corrected chi connectivity index (χ3v) is 4.07. The van der Waals surface area contributed by atoms with Crippen LogP contribution in [0.3, 0.4) is 0 Å². The first kappa shape index (κ1) is 16.1. The van der Waals surface area contributed by atoms with Crippen molar-refractivity contribution in [1.82, 2.24) is 5.32 Å². The first-order valence-electron chi connectivity index (χ1n) is 7.90. The number of esters is 1. The van der Waals surface area contributed by atoms with Gasteiger partial charge in [-0.05, 0) is 24.6 Å². The van der Waals surface area contributed by atoms with E-state index in [1.54, 1.807) is 20.0 Å². The minimum Gasteiger partial charge on any atom is -0.491 e. The van der Waals surface area contributed by atoms with Gasteiger partial charge in [0.25, 0.3) is 5.91 Å². The largest absolute Gasteiger partial charge is 0.491 e. The lowest BCUT2D eigenvalue weighted by atomic mass is 9.90. The summed E-state index contributed by atoms with van der Waals surface area (Å²) < 4.78 is 10.9. The van der Waals surface area contributed by atoms with Crippen molar-refractivity contribution in [2.24, 2.45) is 0 Å². The van der Waals surface area contributed by atoms with E-state index in [-0.39, 0.29) is 18.4 Å². The lowest BCUT2D eigenvalue weighted by Gasteiger charge is -2.12. The lowest BCUT2D eigenvalue weighted by molar-refractivity contribution is 0.0526. The van der Waals surface area contributed by atoms with Gasteiger partial charge in [0.15, 0.2) is 0 Å². The molecule has 1 atom stereocenters. The summed E-state index contributed by atoms with van der Waals surface area (Å²) >= 11 is 0. The summed E-state index contributed by atoms with van der Waals surface area (Å²) in [6.07, 6.45) is 0. The topological polar surface area (TPSA) is 64.6 Å². The van der Waals surface area contributed by atoms with Crippen molar-refractivity contribution in [3.8, 4) is 5.75 Å². The molecule has 0 aromatic heterocycles. The normalized spacial score (nSPS) is 15.3. The van der Waals surface area contributed by atoms with Crippen LogP contribution in [0.2, 0.25) is 0 Å². The average molecular weight is 325 g/mol. The van der Waals surface area contributed by atoms with E-state index in [0.29, 0.717) is 23.5 Å². The number of ether oxygens (including phenoxy) is 2. The van der Waals surface area contributed by atoms with Crippen LogP contribution in [0.25, 0.3) is 0 Å². The Kier molecular flexibility index (Phi) is 4.51. The van der Waals surface area contributed by atoms with Crippen LogP contribution in [0.4, 0.5) is 0 Å². The average Bonchev–Trinajstić information content (AvgIpc) is 3.05. The highest BCUT2D eigenvalue weighted by Crippen LogP contribution is 2.41. The number of hydrogen-bond donors (Lipinski definition) is 1. The molecule has 1 heterocycles. The van der Waals surface area contributed by atoms with E-state index in [1.807, 2.05) is 30.3 Å². The highest BCUT2D eigenvalue weighted by atomic mass is 16.5. The van der Waals surface area contributed by atoms with Gasteiger partial charge in [0.05, 0.1) is 24.3 Å². The summed E-state index contributed by atoms with van der Waals surface area (Å²) in [7, 11) is 1.55. The number of hydrogen-bond acceptors (Lipinski definition) is 4.